The van der Waals surface area contributed by atoms with E-state index in [1.807, 2.05) is 0 Å². The number of cyclic esters (lactones) is 2. The number of rotatable bonds is 2. The van der Waals surface area contributed by atoms with Crippen LogP contribution in [0, 0.1) is 0 Å². The minimum Gasteiger partial charge on any atom is -0.744 e. The molecule has 1 aliphatic heterocycles. The predicted octanol–water partition coefficient (Wildman–Crippen LogP) is -6.45. The van der Waals surface area contributed by atoms with Gasteiger partial charge in [-0.2, -0.15) is 0 Å². The maximum absolute atomic E-state index is 11.8. The molecular weight excluding hydrogens is 444 g/mol. The van der Waals surface area contributed by atoms with Crippen LogP contribution in [0.1, 0.15) is 20.7 Å². The number of nitrogens with two attached hydrogens (primary N) is 1. The fourth-order valence-corrected chi connectivity index (χ4v) is 3.57. The van der Waals surface area contributed by atoms with E-state index in [1.165, 1.54) is 0 Å². The van der Waals surface area contributed by atoms with Gasteiger partial charge in [-0.05, 0) is 18.2 Å². The second-order valence-electron chi connectivity index (χ2n) is 4.81. The van der Waals surface area contributed by atoms with Gasteiger partial charge in [-0.1, -0.05) is 0 Å². The first kappa shape index (κ1) is 24.8. The maximum Gasteiger partial charge on any atom is 1.00 e. The molecule has 0 aliphatic carbocycles. The molecule has 0 bridgehead atoms. The van der Waals surface area contributed by atoms with Gasteiger partial charge in [0, 0.05) is 10.8 Å². The van der Waals surface area contributed by atoms with Crippen LogP contribution in [-0.4, -0.2) is 37.9 Å². The average molecular weight is 450 g/mol. The Bertz CT molecular complexity index is 1150. The number of esters is 2. The van der Waals surface area contributed by atoms with Gasteiger partial charge in [0.25, 0.3) is 0 Å². The molecule has 2 aromatic carbocycles. The van der Waals surface area contributed by atoms with E-state index in [2.05, 4.69) is 4.74 Å². The number of anilines is 1. The van der Waals surface area contributed by atoms with Crippen molar-refractivity contribution in [3.8, 4) is 0 Å². The molecule has 126 valence electrons. The van der Waals surface area contributed by atoms with E-state index in [0.717, 1.165) is 0 Å². The third-order valence-electron chi connectivity index (χ3n) is 3.40. The summed E-state index contributed by atoms with van der Waals surface area (Å²) in [4.78, 5) is 21.7. The van der Waals surface area contributed by atoms with Crippen molar-refractivity contribution >= 4 is 48.6 Å². The van der Waals surface area contributed by atoms with Crippen molar-refractivity contribution in [3.63, 3.8) is 0 Å². The zero-order valence-electron chi connectivity index (χ0n) is 13.3. The first-order valence-corrected chi connectivity index (χ1v) is 8.81. The molecule has 0 amide bonds. The third-order valence-corrected chi connectivity index (χ3v) is 5.08. The van der Waals surface area contributed by atoms with Gasteiger partial charge in [0.1, 0.15) is 20.2 Å². The van der Waals surface area contributed by atoms with Crippen LogP contribution in [0.2, 0.25) is 0 Å². The smallest absolute Gasteiger partial charge is 0.744 e. The van der Waals surface area contributed by atoms with Crippen molar-refractivity contribution in [1.82, 2.24) is 0 Å². The number of hydrogen-bond donors (Lipinski definition) is 1. The molecule has 10 nitrogen and oxygen atoms in total. The number of carbonyl (C=O) groups is 2. The van der Waals surface area contributed by atoms with Crippen LogP contribution in [0.3, 0.4) is 0 Å². The predicted molar refractivity (Wildman–Crippen MR) is 74.0 cm³/mol. The summed E-state index contributed by atoms with van der Waals surface area (Å²) in [5, 5.41) is -0.604. The van der Waals surface area contributed by atoms with Crippen LogP contribution in [0.25, 0.3) is 10.8 Å². The molecule has 0 fully saturated rings. The average Bonchev–Trinajstić information content (AvgIpc) is 2.43. The second kappa shape index (κ2) is 8.23. The summed E-state index contributed by atoms with van der Waals surface area (Å²) < 4.78 is 71.9. The van der Waals surface area contributed by atoms with E-state index in [4.69, 9.17) is 5.73 Å². The van der Waals surface area contributed by atoms with E-state index in [0.29, 0.717) is 18.2 Å². The SMILES string of the molecule is Nc1c(S(=O)(=O)[O-])cc2c3c(cc(S(=O)(=O)[O-])cc13)C(=O)OC2=O.[K+].[K+]. The molecular formula is C12H5K2NO9S2. The molecule has 0 atom stereocenters. The van der Waals surface area contributed by atoms with Gasteiger partial charge >= 0.3 is 115 Å². The van der Waals surface area contributed by atoms with Gasteiger partial charge in [-0.3, -0.25) is 0 Å². The molecule has 2 N–H and O–H groups in total. The summed E-state index contributed by atoms with van der Waals surface area (Å²) in [6.45, 7) is 0. The van der Waals surface area contributed by atoms with Crippen LogP contribution in [0.15, 0.2) is 28.0 Å². The van der Waals surface area contributed by atoms with Crippen molar-refractivity contribution in [3.05, 3.63) is 29.3 Å². The van der Waals surface area contributed by atoms with Gasteiger partial charge < -0.3 is 19.6 Å². The zero-order valence-corrected chi connectivity index (χ0v) is 21.2. The van der Waals surface area contributed by atoms with E-state index in [9.17, 15) is 35.5 Å². The normalized spacial score (nSPS) is 13.6. The fraction of sp³-hybridized carbons (Fsp3) is 0. The van der Waals surface area contributed by atoms with E-state index in [1.54, 1.807) is 0 Å². The molecule has 0 radical (unpaired) electrons. The van der Waals surface area contributed by atoms with Crippen molar-refractivity contribution in [2.45, 2.75) is 9.79 Å². The minimum atomic E-state index is -5.13. The summed E-state index contributed by atoms with van der Waals surface area (Å²) in [5.41, 5.74) is 3.98. The summed E-state index contributed by atoms with van der Waals surface area (Å²) >= 11 is 0. The van der Waals surface area contributed by atoms with Gasteiger partial charge in [0.2, 0.25) is 0 Å². The Balaban J connectivity index is 0.00000169. The molecule has 0 saturated heterocycles. The Kier molecular flexibility index (Phi) is 7.84. The van der Waals surface area contributed by atoms with Crippen LogP contribution in [-0.2, 0) is 25.0 Å². The summed E-state index contributed by atoms with van der Waals surface area (Å²) in [6, 6.07) is 2.03. The van der Waals surface area contributed by atoms with Crippen molar-refractivity contribution < 1.29 is 143 Å². The summed E-state index contributed by atoms with van der Waals surface area (Å²) in [6.07, 6.45) is 0. The van der Waals surface area contributed by atoms with Gasteiger partial charge in [0.05, 0.1) is 26.6 Å². The van der Waals surface area contributed by atoms with E-state index >= 15 is 0 Å². The Hall–Kier alpha value is 0.733. The monoisotopic (exact) mass is 449 g/mol. The molecule has 0 unspecified atom stereocenters. The van der Waals surface area contributed by atoms with E-state index < -0.39 is 64.2 Å². The molecule has 0 saturated carbocycles. The third kappa shape index (κ3) is 4.33. The Labute approximate surface area is 232 Å². The van der Waals surface area contributed by atoms with Crippen molar-refractivity contribution in [2.24, 2.45) is 0 Å². The fourth-order valence-electron chi connectivity index (χ4n) is 2.40. The Morgan fingerprint density at radius 3 is 1.81 bits per heavy atom. The maximum atomic E-state index is 11.8. The zero-order chi connectivity index (χ0) is 18.0. The number of hydrogen-bond acceptors (Lipinski definition) is 10. The second-order valence-corrected chi connectivity index (χ2v) is 7.54. The van der Waals surface area contributed by atoms with Gasteiger partial charge in [0.15, 0.2) is 0 Å². The van der Waals surface area contributed by atoms with Crippen LogP contribution >= 0.6 is 0 Å². The first-order chi connectivity index (χ1) is 10.9. The quantitative estimate of drug-likeness (QED) is 0.152. The molecule has 2 aromatic rings. The molecule has 14 heteroatoms. The van der Waals surface area contributed by atoms with Gasteiger partial charge in [-0.15, -0.1) is 0 Å². The van der Waals surface area contributed by atoms with Crippen LogP contribution in [0.5, 0.6) is 0 Å². The Morgan fingerprint density at radius 1 is 0.846 bits per heavy atom. The number of nitrogen functional groups attached to an aromatic ring is 1. The standard InChI is InChI=1S/C12H7NO9S2.2K/c13-10-5-1-4(23(16,17)18)2-6-9(5)7(12(15)22-11(6)14)3-8(10)24(19,20)21;;/h1-3H,13H2,(H,16,17,18)(H,19,20,21);;/q;2*+1/p-2. The summed E-state index contributed by atoms with van der Waals surface area (Å²) in [5.74, 6) is -2.47. The number of benzene rings is 2. The summed E-state index contributed by atoms with van der Waals surface area (Å²) in [7, 11) is -10.2. The Morgan fingerprint density at radius 2 is 1.35 bits per heavy atom. The topological polar surface area (TPSA) is 184 Å². The molecule has 0 aromatic heterocycles. The van der Waals surface area contributed by atoms with Gasteiger partial charge in [-0.25, -0.2) is 26.4 Å². The molecule has 1 aliphatic rings. The molecule has 26 heavy (non-hydrogen) atoms. The van der Waals surface area contributed by atoms with Crippen molar-refractivity contribution in [2.75, 3.05) is 5.73 Å². The molecule has 3 rings (SSSR count). The minimum absolute atomic E-state index is 0. The first-order valence-electron chi connectivity index (χ1n) is 6.00. The van der Waals surface area contributed by atoms with Crippen LogP contribution < -0.4 is 109 Å². The molecule has 0 spiro atoms. The van der Waals surface area contributed by atoms with Crippen LogP contribution in [0.4, 0.5) is 5.69 Å². The number of ether oxygens (including phenoxy) is 1. The van der Waals surface area contributed by atoms with Crippen molar-refractivity contribution in [1.29, 1.82) is 0 Å². The number of carbonyl (C=O) groups excluding carboxylic acids is 2. The largest absolute Gasteiger partial charge is 1.00 e. The molecule has 1 heterocycles. The van der Waals surface area contributed by atoms with E-state index in [-0.39, 0.29) is 108 Å².